The van der Waals surface area contributed by atoms with Crippen LogP contribution in [0.3, 0.4) is 0 Å². The monoisotopic (exact) mass is 772 g/mol. The van der Waals surface area contributed by atoms with Crippen LogP contribution in [0.25, 0.3) is 28.4 Å². The van der Waals surface area contributed by atoms with Crippen molar-refractivity contribution in [1.82, 2.24) is 0 Å². The molecule has 0 spiro atoms. The summed E-state index contributed by atoms with van der Waals surface area (Å²) >= 11 is 0. The Balaban J connectivity index is 1.31. The molecule has 2 saturated heterocycles. The number of phenols is 4. The fraction of sp³-hybridized carbons (Fsp3) is 0.333. The van der Waals surface area contributed by atoms with E-state index in [1.54, 1.807) is 0 Å². The summed E-state index contributed by atoms with van der Waals surface area (Å²) in [6.07, 6.45) is -15.2. The third-order valence-corrected chi connectivity index (χ3v) is 8.84. The van der Waals surface area contributed by atoms with Crippen molar-refractivity contribution in [2.75, 3.05) is 13.2 Å². The molecule has 0 saturated carbocycles. The molecule has 0 bridgehead atoms. The number of ether oxygens (including phenoxy) is 5. The van der Waals surface area contributed by atoms with Gasteiger partial charge in [0.1, 0.15) is 83.7 Å². The Kier molecular flexibility index (Phi) is 11.5. The number of carbonyl (C=O) groups excluding carboxylic acids is 1. The molecule has 11 N–H and O–H groups in total. The summed E-state index contributed by atoms with van der Waals surface area (Å²) in [5.74, 6) is -4.45. The van der Waals surface area contributed by atoms with Gasteiger partial charge in [-0.25, -0.2) is 4.79 Å². The average molecular weight is 773 g/mol. The Hall–Kier alpha value is -5.48. The number of carbonyl (C=O) groups is 1. The van der Waals surface area contributed by atoms with Crippen LogP contribution >= 0.6 is 0 Å². The van der Waals surface area contributed by atoms with Crippen LogP contribution in [-0.2, 0) is 19.0 Å². The molecule has 55 heavy (non-hydrogen) atoms. The predicted molar refractivity (Wildman–Crippen MR) is 183 cm³/mol. The van der Waals surface area contributed by atoms with Gasteiger partial charge in [-0.2, -0.15) is 0 Å². The topological polar surface area (TPSA) is 316 Å². The summed E-state index contributed by atoms with van der Waals surface area (Å²) < 4.78 is 33.4. The minimum absolute atomic E-state index is 0.0149. The molecule has 10 atom stereocenters. The number of benzene rings is 3. The maximum Gasteiger partial charge on any atom is 0.330 e. The quantitative estimate of drug-likeness (QED) is 0.0518. The van der Waals surface area contributed by atoms with Crippen molar-refractivity contribution in [2.45, 2.75) is 61.4 Å². The lowest BCUT2D eigenvalue weighted by Crippen LogP contribution is -2.60. The first kappa shape index (κ1) is 39.2. The zero-order valence-corrected chi connectivity index (χ0v) is 28.2. The van der Waals surface area contributed by atoms with E-state index in [9.17, 15) is 65.8 Å². The summed E-state index contributed by atoms with van der Waals surface area (Å²) in [5, 5.41) is 112. The zero-order valence-electron chi connectivity index (χ0n) is 28.2. The summed E-state index contributed by atoms with van der Waals surface area (Å²) in [5.41, 5.74) is -1.07. The van der Waals surface area contributed by atoms with Crippen LogP contribution in [0.2, 0.25) is 0 Å². The Bertz CT molecular complexity index is 2100. The first-order valence-corrected chi connectivity index (χ1v) is 16.5. The molecule has 294 valence electrons. The fourth-order valence-corrected chi connectivity index (χ4v) is 5.82. The largest absolute Gasteiger partial charge is 0.508 e. The highest BCUT2D eigenvalue weighted by Crippen LogP contribution is 2.40. The Morgan fingerprint density at radius 1 is 0.709 bits per heavy atom. The number of hydrogen-bond donors (Lipinski definition) is 11. The van der Waals surface area contributed by atoms with E-state index in [2.05, 4.69) is 0 Å². The van der Waals surface area contributed by atoms with Gasteiger partial charge in [-0.1, -0.05) is 12.1 Å². The van der Waals surface area contributed by atoms with Crippen molar-refractivity contribution in [3.05, 3.63) is 76.5 Å². The Morgan fingerprint density at radius 3 is 2.00 bits per heavy atom. The van der Waals surface area contributed by atoms with Gasteiger partial charge in [0.2, 0.25) is 23.8 Å². The number of phenolic OH excluding ortho intramolecular Hbond substituents is 4. The third-order valence-electron chi connectivity index (χ3n) is 8.84. The third kappa shape index (κ3) is 8.15. The molecule has 2 aliphatic rings. The van der Waals surface area contributed by atoms with Crippen molar-refractivity contribution in [3.8, 4) is 45.8 Å². The average Bonchev–Trinajstić information content (AvgIpc) is 3.16. The highest BCUT2D eigenvalue weighted by atomic mass is 16.7. The van der Waals surface area contributed by atoms with Gasteiger partial charge in [-0.05, 0) is 42.0 Å². The molecule has 3 aromatic carbocycles. The first-order chi connectivity index (χ1) is 26.2. The molecule has 10 unspecified atom stereocenters. The normalized spacial score (nSPS) is 28.3. The molecule has 6 rings (SSSR count). The van der Waals surface area contributed by atoms with Crippen LogP contribution < -0.4 is 14.9 Å². The number of rotatable bonds is 10. The molecule has 1 aromatic heterocycles. The summed E-state index contributed by atoms with van der Waals surface area (Å²) in [7, 11) is 0. The van der Waals surface area contributed by atoms with Crippen molar-refractivity contribution in [2.24, 2.45) is 0 Å². The van der Waals surface area contributed by atoms with Crippen molar-refractivity contribution >= 4 is 23.0 Å². The highest BCUT2D eigenvalue weighted by molar-refractivity contribution is 5.89. The number of aliphatic hydroxyl groups excluding tert-OH is 7. The van der Waals surface area contributed by atoms with Crippen LogP contribution in [-0.4, -0.2) is 137 Å². The maximum absolute atomic E-state index is 14.0. The number of esters is 1. The minimum atomic E-state index is -2.03. The molecule has 2 aliphatic heterocycles. The zero-order chi connectivity index (χ0) is 39.7. The van der Waals surface area contributed by atoms with Gasteiger partial charge in [-0.3, -0.25) is 4.79 Å². The lowest BCUT2D eigenvalue weighted by atomic mass is 9.99. The molecule has 2 fully saturated rings. The highest BCUT2D eigenvalue weighted by Gasteiger charge is 2.47. The van der Waals surface area contributed by atoms with Gasteiger partial charge in [0.15, 0.2) is 17.3 Å². The van der Waals surface area contributed by atoms with Crippen LogP contribution in [0.4, 0.5) is 0 Å². The standard InChI is InChI=1S/C36H36O19/c37-12-22-26(43)29(46)31(48)35(53-22)51-17-10-20(41)25-21(11-17)52-33(15-4-7-18(39)19(40)9-15)34(28(25)45)55-36-32(49)30(47)27(44)23(54-36)13-50-24(42)8-3-14-1-5-16(38)6-2-14/h1-11,22-23,26-27,29-32,35-41,43-44,46-49H,12-13H2/b8-3+. The molecular formula is C36H36O19. The Morgan fingerprint density at radius 2 is 1.35 bits per heavy atom. The van der Waals surface area contributed by atoms with Crippen LogP contribution in [0.1, 0.15) is 5.56 Å². The number of aromatic hydroxyl groups is 4. The SMILES string of the molecule is O=C(/C=C/c1ccc(O)cc1)OCC1OC(Oc2c(-c3ccc(O)c(O)c3)oc3cc(OC4OC(CO)C(O)C(O)C4O)cc(O)c3c2=O)C(O)C(O)C1O. The molecule has 0 amide bonds. The van der Waals surface area contributed by atoms with Gasteiger partial charge in [0.05, 0.1) is 6.61 Å². The summed E-state index contributed by atoms with van der Waals surface area (Å²) in [6.45, 7) is -1.43. The molecule has 0 aliphatic carbocycles. The van der Waals surface area contributed by atoms with E-state index in [1.807, 2.05) is 0 Å². The molecule has 3 heterocycles. The van der Waals surface area contributed by atoms with Crippen LogP contribution in [0, 0.1) is 0 Å². The molecule has 4 aromatic rings. The maximum atomic E-state index is 14.0. The summed E-state index contributed by atoms with van der Waals surface area (Å²) in [4.78, 5) is 26.4. The van der Waals surface area contributed by atoms with Gasteiger partial charge in [0, 0.05) is 23.8 Å². The van der Waals surface area contributed by atoms with Crippen LogP contribution in [0.15, 0.2) is 69.9 Å². The smallest absolute Gasteiger partial charge is 0.330 e. The van der Waals surface area contributed by atoms with E-state index >= 15 is 0 Å². The van der Waals surface area contributed by atoms with E-state index in [0.29, 0.717) is 5.56 Å². The van der Waals surface area contributed by atoms with E-state index in [1.165, 1.54) is 36.4 Å². The number of aliphatic hydroxyl groups is 7. The van der Waals surface area contributed by atoms with E-state index in [4.69, 9.17) is 28.1 Å². The molecule has 19 heteroatoms. The van der Waals surface area contributed by atoms with Gasteiger partial charge in [-0.15, -0.1) is 0 Å². The number of hydrogen-bond acceptors (Lipinski definition) is 19. The van der Waals surface area contributed by atoms with Crippen molar-refractivity contribution in [1.29, 1.82) is 0 Å². The van der Waals surface area contributed by atoms with E-state index in [0.717, 1.165) is 30.3 Å². The molecular weight excluding hydrogens is 736 g/mol. The fourth-order valence-electron chi connectivity index (χ4n) is 5.82. The first-order valence-electron chi connectivity index (χ1n) is 16.5. The lowest BCUT2D eigenvalue weighted by molar-refractivity contribution is -0.278. The van der Waals surface area contributed by atoms with E-state index in [-0.39, 0.29) is 17.1 Å². The van der Waals surface area contributed by atoms with E-state index < -0.39 is 126 Å². The predicted octanol–water partition coefficient (Wildman–Crippen LogP) is -1.10. The lowest BCUT2D eigenvalue weighted by Gasteiger charge is -2.39. The second kappa shape index (κ2) is 16.1. The van der Waals surface area contributed by atoms with Crippen LogP contribution in [0.5, 0.6) is 34.5 Å². The van der Waals surface area contributed by atoms with Gasteiger partial charge < -0.3 is 84.3 Å². The second-order valence-electron chi connectivity index (χ2n) is 12.6. The molecule has 0 radical (unpaired) electrons. The summed E-state index contributed by atoms with van der Waals surface area (Å²) in [6, 6.07) is 11.0. The van der Waals surface area contributed by atoms with Crippen molar-refractivity contribution < 1.29 is 89.1 Å². The molecule has 19 nitrogen and oxygen atoms in total. The van der Waals surface area contributed by atoms with Gasteiger partial charge >= 0.3 is 5.97 Å². The number of fused-ring (bicyclic) bond motifs is 1. The second-order valence-corrected chi connectivity index (χ2v) is 12.6. The van der Waals surface area contributed by atoms with Crippen molar-refractivity contribution in [3.63, 3.8) is 0 Å². The Labute approximate surface area is 308 Å². The minimum Gasteiger partial charge on any atom is -0.508 e. The van der Waals surface area contributed by atoms with Gasteiger partial charge in [0.25, 0.3) is 0 Å².